The number of ketones is 1. The monoisotopic (exact) mass is 426 g/mol. The first kappa shape index (κ1) is 22.2. The van der Waals surface area contributed by atoms with Gasteiger partial charge < -0.3 is 4.74 Å². The minimum Gasteiger partial charge on any atom is -0.381 e. The average Bonchev–Trinajstić information content (AvgIpc) is 2.98. The minimum absolute atomic E-state index is 0.160. The molecule has 0 bridgehead atoms. The molecule has 9 atom stereocenters. The Hall–Kier alpha value is -0.630. The van der Waals surface area contributed by atoms with Crippen LogP contribution < -0.4 is 0 Å². The van der Waals surface area contributed by atoms with E-state index in [0.717, 1.165) is 24.2 Å². The van der Waals surface area contributed by atoms with Crippen LogP contribution in [0, 0.1) is 51.8 Å². The SMILES string of the molecule is COC1CCC2(C)C(CCC3(C)C4CCC5(C)CC(=O)C(C(C)C)=C5C4CCC32)C1C. The first-order valence-corrected chi connectivity index (χ1v) is 13.4. The molecule has 0 aliphatic heterocycles. The van der Waals surface area contributed by atoms with Crippen LogP contribution in [0.3, 0.4) is 0 Å². The molecule has 5 aliphatic rings. The molecule has 0 aromatic rings. The number of hydrogen-bond donors (Lipinski definition) is 0. The molecule has 5 rings (SSSR count). The van der Waals surface area contributed by atoms with Crippen molar-refractivity contribution in [2.75, 3.05) is 7.11 Å². The lowest BCUT2D eigenvalue weighted by molar-refractivity contribution is -0.181. The van der Waals surface area contributed by atoms with Gasteiger partial charge >= 0.3 is 0 Å². The minimum atomic E-state index is 0.160. The van der Waals surface area contributed by atoms with Crippen LogP contribution in [0.25, 0.3) is 0 Å². The van der Waals surface area contributed by atoms with Gasteiger partial charge in [-0.1, -0.05) is 47.1 Å². The Morgan fingerprint density at radius 1 is 0.903 bits per heavy atom. The van der Waals surface area contributed by atoms with Gasteiger partial charge in [0.1, 0.15) is 0 Å². The zero-order chi connectivity index (χ0) is 22.3. The summed E-state index contributed by atoms with van der Waals surface area (Å²) in [5.41, 5.74) is 3.94. The molecule has 9 unspecified atom stereocenters. The first-order chi connectivity index (χ1) is 14.6. The highest BCUT2D eigenvalue weighted by atomic mass is 16.5. The molecule has 0 saturated heterocycles. The van der Waals surface area contributed by atoms with Crippen molar-refractivity contribution < 1.29 is 9.53 Å². The van der Waals surface area contributed by atoms with E-state index in [2.05, 4.69) is 41.5 Å². The quantitative estimate of drug-likeness (QED) is 0.466. The molecule has 2 nitrogen and oxygen atoms in total. The number of methoxy groups -OCH3 is 1. The lowest BCUT2D eigenvalue weighted by atomic mass is 9.38. The topological polar surface area (TPSA) is 26.3 Å². The summed E-state index contributed by atoms with van der Waals surface area (Å²) in [5.74, 6) is 4.63. The molecule has 174 valence electrons. The highest BCUT2D eigenvalue weighted by molar-refractivity contribution is 6.00. The molecule has 0 N–H and O–H groups in total. The predicted molar refractivity (Wildman–Crippen MR) is 127 cm³/mol. The molecule has 4 fully saturated rings. The van der Waals surface area contributed by atoms with Crippen LogP contribution in [0.2, 0.25) is 0 Å². The molecule has 0 aromatic carbocycles. The van der Waals surface area contributed by atoms with Crippen molar-refractivity contribution in [3.8, 4) is 0 Å². The first-order valence-electron chi connectivity index (χ1n) is 13.4. The molecule has 31 heavy (non-hydrogen) atoms. The van der Waals surface area contributed by atoms with Crippen LogP contribution in [0.15, 0.2) is 11.1 Å². The van der Waals surface area contributed by atoms with E-state index < -0.39 is 0 Å². The summed E-state index contributed by atoms with van der Waals surface area (Å²) in [4.78, 5) is 13.1. The van der Waals surface area contributed by atoms with E-state index in [1.807, 2.05) is 7.11 Å². The standard InChI is InChI=1S/C29H46O2/c1-17(2)25-22(30)16-27(4)13-10-21-19(26(25)27)8-9-24-28(5)15-12-23(31-7)18(3)20(28)11-14-29(21,24)6/h17-21,23-24H,8-16H2,1-7H3. The smallest absolute Gasteiger partial charge is 0.159 e. The van der Waals surface area contributed by atoms with E-state index in [-0.39, 0.29) is 5.41 Å². The van der Waals surface area contributed by atoms with Crippen LogP contribution in [-0.2, 0) is 9.53 Å². The molecule has 0 radical (unpaired) electrons. The average molecular weight is 427 g/mol. The van der Waals surface area contributed by atoms with Crippen LogP contribution >= 0.6 is 0 Å². The maximum Gasteiger partial charge on any atom is 0.159 e. The summed E-state index contributed by atoms with van der Waals surface area (Å²) in [6, 6.07) is 0. The van der Waals surface area contributed by atoms with Crippen molar-refractivity contribution in [1.82, 2.24) is 0 Å². The Balaban J connectivity index is 1.52. The number of ether oxygens (including phenoxy) is 1. The second kappa shape index (κ2) is 7.18. The fourth-order valence-electron chi connectivity index (χ4n) is 10.5. The normalized spacial score (nSPS) is 51.9. The Kier molecular flexibility index (Phi) is 5.14. The molecular formula is C29H46O2. The number of carbonyl (C=O) groups is 1. The summed E-state index contributed by atoms with van der Waals surface area (Å²) in [6.45, 7) is 14.7. The van der Waals surface area contributed by atoms with Crippen molar-refractivity contribution in [2.45, 2.75) is 105 Å². The summed E-state index contributed by atoms with van der Waals surface area (Å²) < 4.78 is 5.91. The van der Waals surface area contributed by atoms with Gasteiger partial charge in [0.2, 0.25) is 0 Å². The zero-order valence-corrected chi connectivity index (χ0v) is 21.2. The van der Waals surface area contributed by atoms with Crippen LogP contribution in [0.4, 0.5) is 0 Å². The van der Waals surface area contributed by atoms with Crippen molar-refractivity contribution >= 4 is 5.78 Å². The summed E-state index contributed by atoms with van der Waals surface area (Å²) in [5, 5.41) is 0. The molecule has 5 aliphatic carbocycles. The van der Waals surface area contributed by atoms with Gasteiger partial charge in [-0.05, 0) is 109 Å². The van der Waals surface area contributed by atoms with E-state index >= 15 is 0 Å². The van der Waals surface area contributed by atoms with Crippen LogP contribution in [0.5, 0.6) is 0 Å². The number of Topliss-reactive ketones (excluding diaryl/α,β-unsaturated/α-hetero) is 1. The molecule has 4 saturated carbocycles. The number of hydrogen-bond acceptors (Lipinski definition) is 2. The van der Waals surface area contributed by atoms with E-state index in [9.17, 15) is 4.79 Å². The molecule has 0 aromatic heterocycles. The van der Waals surface area contributed by atoms with Crippen molar-refractivity contribution in [1.29, 1.82) is 0 Å². The van der Waals surface area contributed by atoms with Gasteiger partial charge in [-0.2, -0.15) is 0 Å². The lowest BCUT2D eigenvalue weighted by Gasteiger charge is -2.67. The van der Waals surface area contributed by atoms with Crippen LogP contribution in [0.1, 0.15) is 99.3 Å². The van der Waals surface area contributed by atoms with Gasteiger partial charge in [-0.15, -0.1) is 0 Å². The van der Waals surface area contributed by atoms with Gasteiger partial charge in [0.15, 0.2) is 5.78 Å². The Morgan fingerprint density at radius 3 is 2.23 bits per heavy atom. The molecular weight excluding hydrogens is 380 g/mol. The second-order valence-electron chi connectivity index (χ2n) is 13.4. The molecule has 0 amide bonds. The predicted octanol–water partition coefficient (Wildman–Crippen LogP) is 7.22. The maximum atomic E-state index is 13.1. The lowest BCUT2D eigenvalue weighted by Crippen LogP contribution is -2.60. The van der Waals surface area contributed by atoms with E-state index in [0.29, 0.717) is 40.5 Å². The molecule has 0 heterocycles. The molecule has 2 heteroatoms. The fraction of sp³-hybridized carbons (Fsp3) is 0.897. The Morgan fingerprint density at radius 2 is 1.55 bits per heavy atom. The van der Waals surface area contributed by atoms with Gasteiger partial charge in [0.05, 0.1) is 6.10 Å². The number of allylic oxidation sites excluding steroid dienone is 2. The summed E-state index contributed by atoms with van der Waals surface area (Å²) in [6.07, 6.45) is 11.8. The van der Waals surface area contributed by atoms with E-state index in [1.54, 1.807) is 5.57 Å². The number of carbonyl (C=O) groups excluding carboxylic acids is 1. The van der Waals surface area contributed by atoms with Gasteiger partial charge in [-0.25, -0.2) is 0 Å². The third kappa shape index (κ3) is 2.88. The number of fused-ring (bicyclic) bond motifs is 7. The van der Waals surface area contributed by atoms with Crippen molar-refractivity contribution in [2.24, 2.45) is 51.8 Å². The van der Waals surface area contributed by atoms with Crippen molar-refractivity contribution in [3.63, 3.8) is 0 Å². The van der Waals surface area contributed by atoms with Crippen molar-refractivity contribution in [3.05, 3.63) is 11.1 Å². The van der Waals surface area contributed by atoms with Gasteiger partial charge in [0, 0.05) is 13.5 Å². The summed E-state index contributed by atoms with van der Waals surface area (Å²) >= 11 is 0. The highest BCUT2D eigenvalue weighted by Crippen LogP contribution is 2.71. The van der Waals surface area contributed by atoms with Gasteiger partial charge in [-0.3, -0.25) is 4.79 Å². The zero-order valence-electron chi connectivity index (χ0n) is 21.2. The Labute approximate surface area is 191 Å². The molecule has 0 spiro atoms. The van der Waals surface area contributed by atoms with Crippen LogP contribution in [-0.4, -0.2) is 19.0 Å². The Bertz CT molecular complexity index is 795. The number of rotatable bonds is 2. The van der Waals surface area contributed by atoms with E-state index in [4.69, 9.17) is 4.74 Å². The van der Waals surface area contributed by atoms with Gasteiger partial charge in [0.25, 0.3) is 0 Å². The summed E-state index contributed by atoms with van der Waals surface area (Å²) in [7, 11) is 1.92. The third-order valence-corrected chi connectivity index (χ3v) is 11.8. The maximum absolute atomic E-state index is 13.1. The second-order valence-corrected chi connectivity index (χ2v) is 13.4. The fourth-order valence-corrected chi connectivity index (χ4v) is 10.5. The van der Waals surface area contributed by atoms with E-state index in [1.165, 1.54) is 56.9 Å². The third-order valence-electron chi connectivity index (χ3n) is 11.8. The highest BCUT2D eigenvalue weighted by Gasteiger charge is 2.64. The largest absolute Gasteiger partial charge is 0.381 e.